The highest BCUT2D eigenvalue weighted by Gasteiger charge is 2.27. The van der Waals surface area contributed by atoms with Crippen LogP contribution in [0.1, 0.15) is 20.8 Å². The third-order valence-electron chi connectivity index (χ3n) is 3.19. The molecule has 0 radical (unpaired) electrons. The van der Waals surface area contributed by atoms with Crippen LogP contribution < -0.4 is 11.1 Å². The molecule has 20 heavy (non-hydrogen) atoms. The number of rotatable bonds is 3. The number of hydrogen-bond acceptors (Lipinski definition) is 3. The van der Waals surface area contributed by atoms with Crippen molar-refractivity contribution < 1.29 is 4.79 Å². The smallest absolute Gasteiger partial charge is 0.241 e. The molecule has 0 spiro atoms. The number of thiophene rings is 1. The lowest BCUT2D eigenvalue weighted by Crippen LogP contribution is -2.45. The zero-order valence-electron chi connectivity index (χ0n) is 12.0. The van der Waals surface area contributed by atoms with Crippen molar-refractivity contribution in [3.63, 3.8) is 0 Å². The van der Waals surface area contributed by atoms with Crippen LogP contribution in [0, 0.1) is 5.41 Å². The fraction of sp³-hybridized carbons (Fsp3) is 0.312. The average molecular weight is 288 g/mol. The number of carbonyl (C=O) groups is 1. The summed E-state index contributed by atoms with van der Waals surface area (Å²) in [5, 5.41) is 4.97. The van der Waals surface area contributed by atoms with Gasteiger partial charge in [-0.25, -0.2) is 0 Å². The van der Waals surface area contributed by atoms with Gasteiger partial charge in [-0.05, 0) is 22.9 Å². The van der Waals surface area contributed by atoms with Gasteiger partial charge in [0.25, 0.3) is 0 Å². The van der Waals surface area contributed by atoms with E-state index in [9.17, 15) is 4.79 Å². The number of nitrogens with one attached hydrogen (secondary N) is 1. The van der Waals surface area contributed by atoms with Crippen molar-refractivity contribution >= 4 is 22.9 Å². The topological polar surface area (TPSA) is 55.1 Å². The Morgan fingerprint density at radius 3 is 2.50 bits per heavy atom. The Morgan fingerprint density at radius 1 is 1.20 bits per heavy atom. The molecule has 3 nitrogen and oxygen atoms in total. The first-order valence-electron chi connectivity index (χ1n) is 6.59. The van der Waals surface area contributed by atoms with E-state index in [1.54, 1.807) is 11.3 Å². The summed E-state index contributed by atoms with van der Waals surface area (Å²) in [6, 6.07) is 11.3. The average Bonchev–Trinajstić information content (AvgIpc) is 2.91. The molecule has 4 heteroatoms. The van der Waals surface area contributed by atoms with E-state index in [4.69, 9.17) is 5.73 Å². The molecule has 1 atom stereocenters. The van der Waals surface area contributed by atoms with Gasteiger partial charge in [-0.15, -0.1) is 11.3 Å². The standard InChI is InChI=1S/C16H20N2OS/c1-16(2,3)14(17)15(19)18-12-8-5-4-7-11(12)13-9-6-10-20-13/h4-10,14H,17H2,1-3H3,(H,18,19). The van der Waals surface area contributed by atoms with Gasteiger partial charge in [0.05, 0.1) is 6.04 Å². The lowest BCUT2D eigenvalue weighted by atomic mass is 9.87. The zero-order chi connectivity index (χ0) is 14.8. The molecule has 2 rings (SSSR count). The summed E-state index contributed by atoms with van der Waals surface area (Å²) in [4.78, 5) is 13.4. The molecular formula is C16H20N2OS. The summed E-state index contributed by atoms with van der Waals surface area (Å²) >= 11 is 1.65. The lowest BCUT2D eigenvalue weighted by Gasteiger charge is -2.26. The Balaban J connectivity index is 2.25. The van der Waals surface area contributed by atoms with Gasteiger partial charge in [-0.1, -0.05) is 45.0 Å². The van der Waals surface area contributed by atoms with Crippen LogP contribution in [0.4, 0.5) is 5.69 Å². The highest BCUT2D eigenvalue weighted by atomic mass is 32.1. The molecule has 1 unspecified atom stereocenters. The summed E-state index contributed by atoms with van der Waals surface area (Å²) in [6.07, 6.45) is 0. The van der Waals surface area contributed by atoms with Crippen LogP contribution in [0.5, 0.6) is 0 Å². The molecule has 0 saturated carbocycles. The van der Waals surface area contributed by atoms with E-state index >= 15 is 0 Å². The fourth-order valence-electron chi connectivity index (χ4n) is 1.84. The Kier molecular flexibility index (Phi) is 4.26. The van der Waals surface area contributed by atoms with Crippen molar-refractivity contribution in [2.75, 3.05) is 5.32 Å². The van der Waals surface area contributed by atoms with Gasteiger partial charge in [-0.3, -0.25) is 4.79 Å². The second-order valence-electron chi connectivity index (χ2n) is 5.86. The monoisotopic (exact) mass is 288 g/mol. The molecule has 1 heterocycles. The Labute approximate surface area is 123 Å². The zero-order valence-corrected chi connectivity index (χ0v) is 12.8. The van der Waals surface area contributed by atoms with Crippen LogP contribution >= 0.6 is 11.3 Å². The van der Waals surface area contributed by atoms with Crippen molar-refractivity contribution in [3.05, 3.63) is 41.8 Å². The largest absolute Gasteiger partial charge is 0.324 e. The maximum atomic E-state index is 12.2. The minimum absolute atomic E-state index is 0.151. The van der Waals surface area contributed by atoms with Crippen molar-refractivity contribution in [1.29, 1.82) is 0 Å². The molecule has 0 fully saturated rings. The normalized spacial score (nSPS) is 13.0. The summed E-state index contributed by atoms with van der Waals surface area (Å²) in [6.45, 7) is 5.88. The van der Waals surface area contributed by atoms with Crippen molar-refractivity contribution in [2.45, 2.75) is 26.8 Å². The first-order chi connectivity index (χ1) is 9.39. The van der Waals surface area contributed by atoms with E-state index in [1.165, 1.54) is 0 Å². The molecule has 0 aliphatic carbocycles. The van der Waals surface area contributed by atoms with E-state index in [-0.39, 0.29) is 11.3 Å². The maximum Gasteiger partial charge on any atom is 0.241 e. The van der Waals surface area contributed by atoms with E-state index in [0.29, 0.717) is 0 Å². The molecule has 1 aromatic heterocycles. The van der Waals surface area contributed by atoms with Crippen LogP contribution in [0.25, 0.3) is 10.4 Å². The summed E-state index contributed by atoms with van der Waals surface area (Å²) < 4.78 is 0. The van der Waals surface area contributed by atoms with Gasteiger partial charge in [-0.2, -0.15) is 0 Å². The highest BCUT2D eigenvalue weighted by Crippen LogP contribution is 2.31. The summed E-state index contributed by atoms with van der Waals surface area (Å²) in [7, 11) is 0. The third kappa shape index (κ3) is 3.26. The first-order valence-corrected chi connectivity index (χ1v) is 7.47. The van der Waals surface area contributed by atoms with Gasteiger partial charge in [0.15, 0.2) is 0 Å². The Hall–Kier alpha value is -1.65. The minimum atomic E-state index is -0.543. The molecule has 0 saturated heterocycles. The van der Waals surface area contributed by atoms with Gasteiger partial charge in [0.2, 0.25) is 5.91 Å². The molecule has 0 aliphatic heterocycles. The van der Waals surface area contributed by atoms with Gasteiger partial charge in [0, 0.05) is 16.1 Å². The number of nitrogens with two attached hydrogens (primary N) is 1. The highest BCUT2D eigenvalue weighted by molar-refractivity contribution is 7.13. The molecule has 0 bridgehead atoms. The quantitative estimate of drug-likeness (QED) is 0.904. The van der Waals surface area contributed by atoms with Gasteiger partial charge < -0.3 is 11.1 Å². The Morgan fingerprint density at radius 2 is 1.90 bits per heavy atom. The number of hydrogen-bond donors (Lipinski definition) is 2. The molecular weight excluding hydrogens is 268 g/mol. The SMILES string of the molecule is CC(C)(C)C(N)C(=O)Nc1ccccc1-c1cccs1. The van der Waals surface area contributed by atoms with Gasteiger partial charge in [0.1, 0.15) is 0 Å². The van der Waals surface area contributed by atoms with Crippen LogP contribution in [-0.2, 0) is 4.79 Å². The predicted octanol–water partition coefficient (Wildman–Crippen LogP) is 3.73. The van der Waals surface area contributed by atoms with Crippen LogP contribution in [-0.4, -0.2) is 11.9 Å². The van der Waals surface area contributed by atoms with Crippen LogP contribution in [0.2, 0.25) is 0 Å². The predicted molar refractivity (Wildman–Crippen MR) is 85.8 cm³/mol. The van der Waals surface area contributed by atoms with Gasteiger partial charge >= 0.3 is 0 Å². The number of anilines is 1. The first kappa shape index (κ1) is 14.8. The van der Waals surface area contributed by atoms with E-state index in [2.05, 4.69) is 5.32 Å². The molecule has 3 N–H and O–H groups in total. The molecule has 106 valence electrons. The number of amides is 1. The number of benzene rings is 1. The second-order valence-corrected chi connectivity index (χ2v) is 6.80. The molecule has 1 amide bonds. The molecule has 1 aromatic carbocycles. The van der Waals surface area contributed by atoms with Crippen molar-refractivity contribution in [1.82, 2.24) is 0 Å². The van der Waals surface area contributed by atoms with E-state index in [1.807, 2.05) is 62.5 Å². The van der Waals surface area contributed by atoms with Crippen molar-refractivity contribution in [2.24, 2.45) is 11.1 Å². The Bertz CT molecular complexity index is 585. The van der Waals surface area contributed by atoms with Crippen molar-refractivity contribution in [3.8, 4) is 10.4 Å². The van der Waals surface area contributed by atoms with E-state index in [0.717, 1.165) is 16.1 Å². The summed E-state index contributed by atoms with van der Waals surface area (Å²) in [5.41, 5.74) is 7.57. The van der Waals surface area contributed by atoms with Crippen LogP contribution in [0.3, 0.4) is 0 Å². The summed E-state index contributed by atoms with van der Waals surface area (Å²) in [5.74, 6) is -0.151. The number of carbonyl (C=O) groups excluding carboxylic acids is 1. The third-order valence-corrected chi connectivity index (χ3v) is 4.09. The van der Waals surface area contributed by atoms with E-state index < -0.39 is 6.04 Å². The minimum Gasteiger partial charge on any atom is -0.324 e. The maximum absolute atomic E-state index is 12.2. The molecule has 0 aliphatic rings. The lowest BCUT2D eigenvalue weighted by molar-refractivity contribution is -0.119. The fourth-order valence-corrected chi connectivity index (χ4v) is 2.61. The number of para-hydroxylation sites is 1. The van der Waals surface area contributed by atoms with Crippen LogP contribution in [0.15, 0.2) is 41.8 Å². The second kappa shape index (κ2) is 5.77. The molecule has 2 aromatic rings.